The van der Waals surface area contributed by atoms with Gasteiger partial charge in [0.15, 0.2) is 5.78 Å². The van der Waals surface area contributed by atoms with Gasteiger partial charge in [-0.05, 0) is 77.8 Å². The molecule has 0 aliphatic rings. The molecule has 5 aromatic rings. The minimum absolute atomic E-state index is 0. The molecule has 0 fully saturated rings. The predicted molar refractivity (Wildman–Crippen MR) is 218 cm³/mol. The second kappa shape index (κ2) is 17.1. The Morgan fingerprint density at radius 2 is 1.41 bits per heavy atom. The summed E-state index contributed by atoms with van der Waals surface area (Å²) in [7, 11) is 4.41. The van der Waals surface area contributed by atoms with Crippen LogP contribution in [0.5, 0.6) is 0 Å². The molecule has 0 aliphatic carbocycles. The van der Waals surface area contributed by atoms with Crippen molar-refractivity contribution in [2.45, 2.75) is 114 Å². The summed E-state index contributed by atoms with van der Waals surface area (Å²) < 4.78 is 4.71. The van der Waals surface area contributed by atoms with Gasteiger partial charge in [-0.3, -0.25) is 4.79 Å². The Morgan fingerprint density at radius 3 is 1.96 bits per heavy atom. The van der Waals surface area contributed by atoms with Crippen molar-refractivity contribution in [3.05, 3.63) is 103 Å². The monoisotopic (exact) mass is 883 g/mol. The van der Waals surface area contributed by atoms with E-state index in [1.165, 1.54) is 59.3 Å². The number of thiophene rings is 1. The number of fused-ring (bicyclic) bond motifs is 4. The molecule has 0 spiro atoms. The fourth-order valence-electron chi connectivity index (χ4n) is 7.15. The summed E-state index contributed by atoms with van der Waals surface area (Å²) in [4.78, 5) is 11.7. The number of aryl methyl sites for hydroxylation is 1. The van der Waals surface area contributed by atoms with Gasteiger partial charge < -0.3 is 9.67 Å². The molecule has 1 N–H and O–H groups in total. The van der Waals surface area contributed by atoms with Crippen LogP contribution in [0.1, 0.15) is 117 Å². The van der Waals surface area contributed by atoms with Gasteiger partial charge >= 0.3 is 0 Å². The molecule has 0 amide bonds. The molecule has 0 unspecified atom stereocenters. The van der Waals surface area contributed by atoms with Gasteiger partial charge in [-0.25, -0.2) is 0 Å². The van der Waals surface area contributed by atoms with Gasteiger partial charge in [0.25, 0.3) is 0 Å². The van der Waals surface area contributed by atoms with Gasteiger partial charge in [0.05, 0.1) is 17.6 Å². The zero-order chi connectivity index (χ0) is 37.1. The number of aromatic nitrogens is 1. The van der Waals surface area contributed by atoms with Crippen LogP contribution < -0.4 is 4.57 Å². The number of aliphatic hydroxyl groups excluding tert-OH is 1. The van der Waals surface area contributed by atoms with E-state index < -0.39 is 0 Å². The molecule has 0 aliphatic heterocycles. The molecule has 1 radical (unpaired) electrons. The van der Waals surface area contributed by atoms with Crippen LogP contribution in [0.4, 0.5) is 0 Å². The normalized spacial score (nSPS) is 12.5. The molecule has 0 saturated carbocycles. The predicted octanol–water partition coefficient (Wildman–Crippen LogP) is 13.0. The third kappa shape index (κ3) is 9.28. The average molecular weight is 883 g/mol. The molecule has 3 aromatic carbocycles. The SMILES string of the molecule is CCC(CC)C(=O)/C=C(\O)C(CC)CC.[CH2-]c1c(-c2c3sc4c(C)c(CC(C)(C)C)ccc4c3cc[n+]2[CH2-])cc(C(C)(C)C)c2ccccc12.[Ir]. The molecule has 2 aromatic heterocycles. The minimum Gasteiger partial charge on any atom is -0.512 e. The van der Waals surface area contributed by atoms with E-state index in [0.29, 0.717) is 0 Å². The number of ketones is 1. The Balaban J connectivity index is 0.000000374. The van der Waals surface area contributed by atoms with E-state index in [9.17, 15) is 9.90 Å². The van der Waals surface area contributed by atoms with E-state index in [2.05, 4.69) is 117 Å². The Labute approximate surface area is 325 Å². The summed E-state index contributed by atoms with van der Waals surface area (Å²) in [6.07, 6.45) is 8.09. The van der Waals surface area contributed by atoms with E-state index in [4.69, 9.17) is 0 Å². The van der Waals surface area contributed by atoms with Crippen molar-refractivity contribution in [2.75, 3.05) is 0 Å². The van der Waals surface area contributed by atoms with Crippen LogP contribution in [0.15, 0.2) is 66.6 Å². The first-order valence-electron chi connectivity index (χ1n) is 18.5. The zero-order valence-electron chi connectivity index (χ0n) is 32.9. The Morgan fingerprint density at radius 1 is 0.843 bits per heavy atom. The first kappa shape index (κ1) is 42.3. The first-order chi connectivity index (χ1) is 23.5. The van der Waals surface area contributed by atoms with Crippen LogP contribution in [0.25, 0.3) is 42.2 Å². The van der Waals surface area contributed by atoms with Crippen LogP contribution in [0.2, 0.25) is 0 Å². The summed E-state index contributed by atoms with van der Waals surface area (Å²) in [5.41, 5.74) is 7.87. The summed E-state index contributed by atoms with van der Waals surface area (Å²) >= 11 is 1.90. The number of allylic oxidation sites excluding steroid dienone is 2. The summed E-state index contributed by atoms with van der Waals surface area (Å²) in [6, 6.07) is 17.9. The van der Waals surface area contributed by atoms with Crippen LogP contribution >= 0.6 is 11.3 Å². The molecule has 51 heavy (non-hydrogen) atoms. The van der Waals surface area contributed by atoms with E-state index >= 15 is 0 Å². The number of carbonyl (C=O) groups is 1. The second-order valence-corrected chi connectivity index (χ2v) is 17.2. The zero-order valence-corrected chi connectivity index (χ0v) is 36.1. The fraction of sp³-hybridized carbons (Fsp3) is 0.435. The van der Waals surface area contributed by atoms with E-state index in [0.717, 1.165) is 43.4 Å². The summed E-state index contributed by atoms with van der Waals surface area (Å²) in [6.45, 7) is 28.8. The van der Waals surface area contributed by atoms with Crippen LogP contribution in [0, 0.1) is 38.1 Å². The minimum atomic E-state index is 0. The van der Waals surface area contributed by atoms with Gasteiger partial charge in [0.2, 0.25) is 0 Å². The van der Waals surface area contributed by atoms with Crippen molar-refractivity contribution in [1.82, 2.24) is 0 Å². The maximum absolute atomic E-state index is 11.7. The van der Waals surface area contributed by atoms with E-state index in [1.54, 1.807) is 0 Å². The number of rotatable bonds is 9. The van der Waals surface area contributed by atoms with Gasteiger partial charge in [0, 0.05) is 54.5 Å². The van der Waals surface area contributed by atoms with Crippen molar-refractivity contribution in [3.63, 3.8) is 0 Å². The number of benzene rings is 3. The number of aliphatic hydroxyl groups is 1. The van der Waals surface area contributed by atoms with E-state index in [-0.39, 0.29) is 54.3 Å². The standard InChI is InChI=1S/C33H36NS.C13H24O2.Ir/c1-20-22(19-32(3,4)5)14-15-25-26-16-17-34(9)29(31(26)35-30(20)25)27-18-28(33(6,7)8)24-13-11-10-12-23(24)21(27)2;1-5-10(6-2)12(14)9-13(15)11(7-3)8-4;/h10-18H,2,9,19H2,1,3-8H3;9-11,14H,5-8H2,1-4H3;/q-1;;/b;12-9-;. The van der Waals surface area contributed by atoms with Crippen molar-refractivity contribution in [3.8, 4) is 11.3 Å². The smallest absolute Gasteiger partial charge is 0.162 e. The molecule has 2 heterocycles. The molecular weight excluding hydrogens is 823 g/mol. The molecular formula is C46H60IrNO2S-. The first-order valence-corrected chi connectivity index (χ1v) is 19.3. The van der Waals surface area contributed by atoms with Crippen molar-refractivity contribution in [2.24, 2.45) is 17.3 Å². The van der Waals surface area contributed by atoms with Gasteiger partial charge in [0.1, 0.15) is 0 Å². The topological polar surface area (TPSA) is 41.2 Å². The molecule has 277 valence electrons. The molecule has 5 heteroatoms. The average Bonchev–Trinajstić information content (AvgIpc) is 3.42. The number of pyridine rings is 1. The van der Waals surface area contributed by atoms with Crippen molar-refractivity contribution >= 4 is 48.1 Å². The largest absolute Gasteiger partial charge is 0.512 e. The maximum atomic E-state index is 11.7. The Bertz CT molecular complexity index is 2010. The maximum Gasteiger partial charge on any atom is 0.162 e. The van der Waals surface area contributed by atoms with Crippen molar-refractivity contribution in [1.29, 1.82) is 0 Å². The number of hydrogen-bond donors (Lipinski definition) is 1. The summed E-state index contributed by atoms with van der Waals surface area (Å²) in [5, 5.41) is 14.9. The Hall–Kier alpha value is -3.11. The van der Waals surface area contributed by atoms with Gasteiger partial charge in [-0.15, -0.1) is 34.4 Å². The quantitative estimate of drug-likeness (QED) is 0.0693. The second-order valence-electron chi connectivity index (χ2n) is 16.2. The fourth-order valence-corrected chi connectivity index (χ4v) is 8.54. The third-order valence-electron chi connectivity index (χ3n) is 10.2. The number of hydrogen-bond acceptors (Lipinski definition) is 3. The number of nitrogens with zero attached hydrogens (tertiary/aromatic N) is 1. The molecule has 0 saturated heterocycles. The van der Waals surface area contributed by atoms with Crippen LogP contribution in [-0.2, 0) is 36.7 Å². The molecule has 3 nitrogen and oxygen atoms in total. The van der Waals surface area contributed by atoms with Gasteiger partial charge in [-0.1, -0.05) is 111 Å². The Kier molecular flexibility index (Phi) is 14.2. The van der Waals surface area contributed by atoms with Crippen molar-refractivity contribution < 1.29 is 34.6 Å². The van der Waals surface area contributed by atoms with Crippen LogP contribution in [0.3, 0.4) is 0 Å². The molecule has 0 atom stereocenters. The summed E-state index contributed by atoms with van der Waals surface area (Å²) in [5.74, 6) is 0.547. The molecule has 5 rings (SSSR count). The van der Waals surface area contributed by atoms with Crippen LogP contribution in [-0.4, -0.2) is 10.9 Å². The third-order valence-corrected chi connectivity index (χ3v) is 11.6. The van der Waals surface area contributed by atoms with Gasteiger partial charge in [-0.2, -0.15) is 12.5 Å². The molecule has 0 bridgehead atoms. The van der Waals surface area contributed by atoms with E-state index in [1.807, 2.05) is 43.6 Å². The number of carbonyl (C=O) groups excluding carboxylic acids is 1.